The number of β-amino-alcohol motifs (C(OH)–C–C–N with tert-alkyl or cyclic N) is 1. The molecule has 3 aromatic carbocycles. The van der Waals surface area contributed by atoms with Crippen LogP contribution in [0.2, 0.25) is 0 Å². The van der Waals surface area contributed by atoms with E-state index < -0.39 is 35.4 Å². The number of anilines is 1. The maximum atomic E-state index is 14.1. The Bertz CT molecular complexity index is 2540. The van der Waals surface area contributed by atoms with Crippen molar-refractivity contribution in [1.82, 2.24) is 40.6 Å². The fourth-order valence-electron chi connectivity index (χ4n) is 10.0. The fraction of sp³-hybridized carbons (Fsp3) is 0.491. The van der Waals surface area contributed by atoms with Gasteiger partial charge in [0.25, 0.3) is 5.91 Å². The van der Waals surface area contributed by atoms with E-state index in [0.717, 1.165) is 64.6 Å². The van der Waals surface area contributed by atoms with Gasteiger partial charge in [-0.25, -0.2) is 4.98 Å². The Balaban J connectivity index is 0.792. The summed E-state index contributed by atoms with van der Waals surface area (Å²) in [6.07, 6.45) is 4.88. The summed E-state index contributed by atoms with van der Waals surface area (Å²) in [6, 6.07) is 20.9. The van der Waals surface area contributed by atoms with Crippen LogP contribution in [0.4, 0.5) is 5.69 Å². The average molecular weight is 976 g/mol. The quantitative estimate of drug-likeness (QED) is 0.0491. The number of carbonyl (C=O) groups excluding carboxylic acids is 4. The number of likely N-dealkylation sites (tertiary alicyclic amines) is 1. The van der Waals surface area contributed by atoms with Gasteiger partial charge in [0.1, 0.15) is 43.2 Å². The lowest BCUT2D eigenvalue weighted by atomic mass is 9.49. The number of nitrogens with one attached hydrogen (secondary N) is 4. The molecule has 2 aliphatic rings. The largest absolute Gasteiger partial charge is 0.489 e. The van der Waals surface area contributed by atoms with Crippen LogP contribution >= 0.6 is 11.3 Å². The number of aliphatic hydroxyl groups excluding tert-OH is 1. The van der Waals surface area contributed by atoms with Gasteiger partial charge in [-0.1, -0.05) is 72.7 Å². The molecule has 17 heteroatoms. The number of hydrogen-bond donors (Lipinski definition) is 5. The van der Waals surface area contributed by atoms with Crippen LogP contribution in [0.15, 0.2) is 91.0 Å². The Morgan fingerprint density at radius 2 is 1.56 bits per heavy atom. The van der Waals surface area contributed by atoms with E-state index in [1.54, 1.807) is 24.0 Å². The lowest BCUT2D eigenvalue weighted by Crippen LogP contribution is -2.74. The molecule has 0 spiro atoms. The zero-order valence-corrected chi connectivity index (χ0v) is 42.6. The van der Waals surface area contributed by atoms with Gasteiger partial charge in [-0.3, -0.25) is 23.7 Å². The molecule has 5 N–H and O–H groups in total. The van der Waals surface area contributed by atoms with Gasteiger partial charge in [0.2, 0.25) is 17.7 Å². The minimum Gasteiger partial charge on any atom is -0.489 e. The molecule has 16 nitrogen and oxygen atoms in total. The van der Waals surface area contributed by atoms with Gasteiger partial charge in [-0.15, -0.1) is 21.5 Å². The van der Waals surface area contributed by atoms with Crippen molar-refractivity contribution >= 4 is 40.7 Å². The molecule has 2 fully saturated rings. The van der Waals surface area contributed by atoms with E-state index in [-0.39, 0.29) is 60.4 Å². The lowest BCUT2D eigenvalue weighted by molar-refractivity contribution is -0.164. The Kier molecular flexibility index (Phi) is 16.1. The molecule has 5 aromatic rings. The number of rotatable bonds is 20. The highest BCUT2D eigenvalue weighted by Gasteiger charge is 2.64. The van der Waals surface area contributed by atoms with E-state index in [1.807, 2.05) is 117 Å². The molecule has 2 aromatic heterocycles. The third kappa shape index (κ3) is 12.0. The summed E-state index contributed by atoms with van der Waals surface area (Å²) < 4.78 is 14.0. The second-order valence-corrected chi connectivity index (χ2v) is 21.8. The molecule has 1 saturated heterocycles. The summed E-state index contributed by atoms with van der Waals surface area (Å²) in [5, 5.41) is 31.0. The minimum atomic E-state index is -0.947. The number of nitrogens with zero attached hydrogens (tertiary/aromatic N) is 5. The standard InChI is InChI=1S/C53H69N9O7S/c1-33(35-13-15-36(16-14-35)44-34(2)55-32-70-44)58-47(66)42-27-40(63)28-62(42)48(67)45(51(3,4)5)59-43(64)29-68-26-12-10-11-25-54-38-19-17-37(18-20-38)46(65)60-49-52(6,7)50(53(49,8)9)69-41-23-21-39(22-24-41)61-30-56-57-31-61/h13-24,30-33,40,42,45,49-50,54,63H,10-12,25-29H2,1-9H3,(H,58,66)(H,59,64)(H,60,65)/t33-,40+,42?,45+,49?,50?/m0/s1. The first-order chi connectivity index (χ1) is 33.2. The van der Waals surface area contributed by atoms with Crippen LogP contribution in [0.5, 0.6) is 5.75 Å². The van der Waals surface area contributed by atoms with Crippen molar-refractivity contribution in [2.24, 2.45) is 16.2 Å². The highest BCUT2D eigenvalue weighted by atomic mass is 32.1. The zero-order valence-electron chi connectivity index (χ0n) is 41.8. The number of aromatic nitrogens is 4. The van der Waals surface area contributed by atoms with Crippen molar-refractivity contribution in [3.8, 4) is 21.9 Å². The predicted molar refractivity (Wildman–Crippen MR) is 271 cm³/mol. The first-order valence-corrected chi connectivity index (χ1v) is 25.0. The number of aliphatic hydroxyl groups is 1. The molecule has 0 radical (unpaired) electrons. The SMILES string of the molecule is Cc1ncsc1-c1ccc([C@H](C)NC(=O)C2C[C@@H](O)CN2C(=O)[C@@H](NC(=O)COCCCCCNc2ccc(C(=O)NC3C(C)(C)C(Oc4ccc(-n5cnnc5)cc4)C3(C)C)cc2)C(C)(C)C)cc1. The van der Waals surface area contributed by atoms with E-state index >= 15 is 0 Å². The Morgan fingerprint density at radius 1 is 0.886 bits per heavy atom. The molecule has 4 amide bonds. The van der Waals surface area contributed by atoms with E-state index in [2.05, 4.69) is 64.1 Å². The van der Waals surface area contributed by atoms with E-state index in [1.165, 1.54) is 4.90 Å². The third-order valence-electron chi connectivity index (χ3n) is 13.7. The van der Waals surface area contributed by atoms with Crippen molar-refractivity contribution in [3.63, 3.8) is 0 Å². The number of unbranched alkanes of at least 4 members (excludes halogenated alkanes) is 2. The first kappa shape index (κ1) is 51.7. The maximum absolute atomic E-state index is 14.1. The molecule has 70 heavy (non-hydrogen) atoms. The average Bonchev–Trinajstić information content (AvgIpc) is 4.12. The van der Waals surface area contributed by atoms with E-state index in [4.69, 9.17) is 9.47 Å². The molecule has 1 saturated carbocycles. The number of hydrogen-bond acceptors (Lipinski definition) is 12. The number of benzene rings is 3. The van der Waals surface area contributed by atoms with Crippen molar-refractivity contribution in [1.29, 1.82) is 0 Å². The zero-order chi connectivity index (χ0) is 50.4. The smallest absolute Gasteiger partial charge is 0.251 e. The number of amides is 4. The normalized spacial score (nSPS) is 20.2. The predicted octanol–water partition coefficient (Wildman–Crippen LogP) is 7.28. The Morgan fingerprint density at radius 3 is 2.19 bits per heavy atom. The van der Waals surface area contributed by atoms with Gasteiger partial charge in [-0.2, -0.15) is 0 Å². The molecule has 1 aliphatic heterocycles. The first-order valence-electron chi connectivity index (χ1n) is 24.2. The van der Waals surface area contributed by atoms with Crippen LogP contribution in [0, 0.1) is 23.2 Å². The second-order valence-electron chi connectivity index (χ2n) is 20.9. The van der Waals surface area contributed by atoms with Crippen LogP contribution in [-0.2, 0) is 19.1 Å². The van der Waals surface area contributed by atoms with Gasteiger partial charge in [0, 0.05) is 59.9 Å². The molecule has 0 bridgehead atoms. The molecule has 3 heterocycles. The highest BCUT2D eigenvalue weighted by Crippen LogP contribution is 2.55. The van der Waals surface area contributed by atoms with Gasteiger partial charge >= 0.3 is 0 Å². The Labute approximate surface area is 415 Å². The molecule has 374 valence electrons. The number of carbonyl (C=O) groups is 4. The Hall–Kier alpha value is -6.17. The minimum absolute atomic E-state index is 0.00925. The van der Waals surface area contributed by atoms with Crippen molar-refractivity contribution in [2.45, 2.75) is 124 Å². The van der Waals surface area contributed by atoms with Crippen LogP contribution in [-0.4, -0.2) is 110 Å². The lowest BCUT2D eigenvalue weighted by Gasteiger charge is -2.63. The number of aryl methyl sites for hydroxylation is 1. The maximum Gasteiger partial charge on any atom is 0.251 e. The summed E-state index contributed by atoms with van der Waals surface area (Å²) in [5.41, 5.74) is 5.85. The van der Waals surface area contributed by atoms with Crippen LogP contribution in [0.1, 0.15) is 109 Å². The highest BCUT2D eigenvalue weighted by molar-refractivity contribution is 7.13. The van der Waals surface area contributed by atoms with E-state index in [9.17, 15) is 24.3 Å². The monoisotopic (exact) mass is 976 g/mol. The van der Waals surface area contributed by atoms with Crippen LogP contribution in [0.25, 0.3) is 16.1 Å². The fourth-order valence-corrected chi connectivity index (χ4v) is 10.9. The molecular weight excluding hydrogens is 907 g/mol. The molecule has 7 rings (SSSR count). The number of thiazole rings is 1. The topological polar surface area (TPSA) is 202 Å². The van der Waals surface area contributed by atoms with Crippen LogP contribution in [0.3, 0.4) is 0 Å². The van der Waals surface area contributed by atoms with Gasteiger partial charge in [0.15, 0.2) is 0 Å². The molecule has 1 aliphatic carbocycles. The second kappa shape index (κ2) is 21.9. The van der Waals surface area contributed by atoms with Gasteiger partial charge in [0.05, 0.1) is 28.2 Å². The molecule has 4 atom stereocenters. The summed E-state index contributed by atoms with van der Waals surface area (Å²) in [5.74, 6) is -0.586. The molecule has 1 unspecified atom stereocenters. The van der Waals surface area contributed by atoms with E-state index in [0.29, 0.717) is 12.2 Å². The summed E-state index contributed by atoms with van der Waals surface area (Å²) in [4.78, 5) is 61.1. The van der Waals surface area contributed by atoms with Crippen molar-refractivity contribution in [3.05, 3.63) is 108 Å². The van der Waals surface area contributed by atoms with Gasteiger partial charge < -0.3 is 40.7 Å². The van der Waals surface area contributed by atoms with Crippen molar-refractivity contribution < 1.29 is 33.8 Å². The summed E-state index contributed by atoms with van der Waals surface area (Å²) >= 11 is 1.58. The number of ether oxygens (including phenoxy) is 2. The van der Waals surface area contributed by atoms with Crippen LogP contribution < -0.4 is 26.0 Å². The summed E-state index contributed by atoms with van der Waals surface area (Å²) in [6.45, 7) is 18.8. The third-order valence-corrected chi connectivity index (χ3v) is 14.6. The molecular formula is C53H69N9O7S. The van der Waals surface area contributed by atoms with Crippen molar-refractivity contribution in [2.75, 3.05) is 31.6 Å². The van der Waals surface area contributed by atoms with Gasteiger partial charge in [-0.05, 0) is 98.2 Å². The summed E-state index contributed by atoms with van der Waals surface area (Å²) in [7, 11) is 0.